The molecule has 0 saturated carbocycles. The number of fused-ring (bicyclic) bond motifs is 1. The average Bonchev–Trinajstić information content (AvgIpc) is 3.44. The number of anilines is 1. The Kier molecular flexibility index (Phi) is 6.35. The Labute approximate surface area is 186 Å². The number of aryl methyl sites for hydroxylation is 2. The maximum absolute atomic E-state index is 12.4. The van der Waals surface area contributed by atoms with Gasteiger partial charge in [-0.25, -0.2) is 5.43 Å². The molecule has 0 aliphatic heterocycles. The number of rotatable bonds is 7. The van der Waals surface area contributed by atoms with Crippen LogP contribution in [0.5, 0.6) is 5.75 Å². The van der Waals surface area contributed by atoms with E-state index in [4.69, 9.17) is 9.15 Å². The first-order valence-electron chi connectivity index (χ1n) is 10.5. The van der Waals surface area contributed by atoms with E-state index in [2.05, 4.69) is 28.0 Å². The summed E-state index contributed by atoms with van der Waals surface area (Å²) in [5.41, 5.74) is 7.27. The van der Waals surface area contributed by atoms with E-state index in [1.807, 2.05) is 12.1 Å². The lowest BCUT2D eigenvalue weighted by molar-refractivity contribution is -0.114. The van der Waals surface area contributed by atoms with Crippen LogP contribution in [0.25, 0.3) is 0 Å². The number of carbonyl (C=O) groups is 2. The molecule has 0 fully saturated rings. The monoisotopic (exact) mass is 431 g/mol. The maximum Gasteiger partial charge on any atom is 0.307 e. The van der Waals surface area contributed by atoms with Crippen LogP contribution in [0.3, 0.4) is 0 Å². The first-order valence-corrected chi connectivity index (χ1v) is 10.5. The highest BCUT2D eigenvalue weighted by Crippen LogP contribution is 2.26. The van der Waals surface area contributed by atoms with Gasteiger partial charge in [0.1, 0.15) is 18.1 Å². The van der Waals surface area contributed by atoms with Crippen LogP contribution in [0, 0.1) is 0 Å². The molecule has 1 heterocycles. The molecule has 1 aliphatic carbocycles. The molecule has 0 spiro atoms. The van der Waals surface area contributed by atoms with Crippen molar-refractivity contribution in [1.82, 2.24) is 5.43 Å². The summed E-state index contributed by atoms with van der Waals surface area (Å²) < 4.78 is 11.4. The van der Waals surface area contributed by atoms with Gasteiger partial charge in [0.05, 0.1) is 5.71 Å². The summed E-state index contributed by atoms with van der Waals surface area (Å²) in [5.74, 6) is 0.903. The minimum Gasteiger partial charge on any atom is -0.486 e. The Balaban J connectivity index is 1.34. The van der Waals surface area contributed by atoms with Crippen LogP contribution in [0.4, 0.5) is 5.69 Å². The van der Waals surface area contributed by atoms with Gasteiger partial charge in [-0.15, -0.1) is 0 Å². The zero-order valence-electron chi connectivity index (χ0n) is 18.1. The second-order valence-corrected chi connectivity index (χ2v) is 7.74. The number of hydrogen-bond donors (Lipinski definition) is 2. The van der Waals surface area contributed by atoms with Crippen molar-refractivity contribution in [2.45, 2.75) is 39.7 Å². The predicted molar refractivity (Wildman–Crippen MR) is 122 cm³/mol. The summed E-state index contributed by atoms with van der Waals surface area (Å²) in [6.45, 7) is 3.46. The molecule has 0 radical (unpaired) electrons. The maximum atomic E-state index is 12.4. The van der Waals surface area contributed by atoms with Crippen LogP contribution >= 0.6 is 0 Å². The van der Waals surface area contributed by atoms with Gasteiger partial charge < -0.3 is 14.5 Å². The zero-order chi connectivity index (χ0) is 22.5. The van der Waals surface area contributed by atoms with Crippen LogP contribution in [0.15, 0.2) is 64.1 Å². The van der Waals surface area contributed by atoms with E-state index in [1.54, 1.807) is 37.3 Å². The molecule has 0 unspecified atom stereocenters. The van der Waals surface area contributed by atoms with Gasteiger partial charge in [0.25, 0.3) is 0 Å². The lowest BCUT2D eigenvalue weighted by Gasteiger charge is -2.07. The van der Waals surface area contributed by atoms with E-state index in [9.17, 15) is 9.59 Å². The quantitative estimate of drug-likeness (QED) is 0.427. The van der Waals surface area contributed by atoms with Crippen molar-refractivity contribution >= 4 is 23.2 Å². The van der Waals surface area contributed by atoms with E-state index in [1.165, 1.54) is 24.5 Å². The molecular formula is C25H25N3O4. The summed E-state index contributed by atoms with van der Waals surface area (Å²) in [5, 5.41) is 6.86. The number of carbonyl (C=O) groups excluding carboxylic acids is 2. The molecule has 3 aromatic rings. The van der Waals surface area contributed by atoms with Crippen molar-refractivity contribution in [3.63, 3.8) is 0 Å². The number of hydrazone groups is 1. The van der Waals surface area contributed by atoms with Gasteiger partial charge in [-0.1, -0.05) is 18.2 Å². The summed E-state index contributed by atoms with van der Waals surface area (Å²) in [7, 11) is 0. The summed E-state index contributed by atoms with van der Waals surface area (Å²) in [6.07, 6.45) is 3.42. The first-order chi connectivity index (χ1) is 15.5. The normalized spacial score (nSPS) is 12.9. The fourth-order valence-corrected chi connectivity index (χ4v) is 3.65. The van der Waals surface area contributed by atoms with E-state index in [0.29, 0.717) is 17.2 Å². The van der Waals surface area contributed by atoms with Crippen molar-refractivity contribution in [3.8, 4) is 5.75 Å². The third kappa shape index (κ3) is 5.24. The van der Waals surface area contributed by atoms with Gasteiger partial charge in [-0.05, 0) is 79.3 Å². The van der Waals surface area contributed by atoms with Crippen molar-refractivity contribution in [1.29, 1.82) is 0 Å². The Hall–Kier alpha value is -3.87. The molecule has 164 valence electrons. The molecule has 1 aromatic heterocycles. The van der Waals surface area contributed by atoms with Crippen LogP contribution in [0.2, 0.25) is 0 Å². The molecule has 32 heavy (non-hydrogen) atoms. The molecule has 2 aromatic carbocycles. The van der Waals surface area contributed by atoms with Gasteiger partial charge in [0.15, 0.2) is 5.76 Å². The smallest absolute Gasteiger partial charge is 0.307 e. The fourth-order valence-electron chi connectivity index (χ4n) is 3.65. The molecule has 4 rings (SSSR count). The molecule has 0 bridgehead atoms. The van der Waals surface area contributed by atoms with Crippen LogP contribution < -0.4 is 15.5 Å². The molecule has 7 nitrogen and oxygen atoms in total. The van der Waals surface area contributed by atoms with Gasteiger partial charge in [-0.3, -0.25) is 9.59 Å². The number of benzene rings is 2. The summed E-state index contributed by atoms with van der Waals surface area (Å²) in [6, 6.07) is 16.7. The van der Waals surface area contributed by atoms with Crippen molar-refractivity contribution in [3.05, 3.63) is 82.8 Å². The molecule has 2 N–H and O–H groups in total. The highest BCUT2D eigenvalue weighted by atomic mass is 16.5. The van der Waals surface area contributed by atoms with E-state index in [-0.39, 0.29) is 18.3 Å². The second-order valence-electron chi connectivity index (χ2n) is 7.74. The van der Waals surface area contributed by atoms with Crippen molar-refractivity contribution in [2.24, 2.45) is 5.10 Å². The van der Waals surface area contributed by atoms with Gasteiger partial charge in [0, 0.05) is 12.6 Å². The molecule has 2 amide bonds. The third-order valence-corrected chi connectivity index (χ3v) is 5.26. The fraction of sp³-hybridized carbons (Fsp3) is 0.240. The zero-order valence-corrected chi connectivity index (χ0v) is 18.1. The average molecular weight is 431 g/mol. The molecule has 0 saturated heterocycles. The lowest BCUT2D eigenvalue weighted by atomic mass is 10.1. The molecule has 1 aliphatic rings. The Morgan fingerprint density at radius 1 is 1.03 bits per heavy atom. The van der Waals surface area contributed by atoms with E-state index >= 15 is 0 Å². The Morgan fingerprint density at radius 2 is 1.88 bits per heavy atom. The van der Waals surface area contributed by atoms with Crippen LogP contribution in [-0.2, 0) is 24.2 Å². The van der Waals surface area contributed by atoms with Gasteiger partial charge >= 0.3 is 5.91 Å². The number of amides is 2. The van der Waals surface area contributed by atoms with Crippen molar-refractivity contribution in [2.75, 3.05) is 5.32 Å². The number of nitrogens with zero attached hydrogens (tertiary/aromatic N) is 1. The standard InChI is InChI=1S/C25H25N3O4/c1-16(19-6-4-8-21(13-19)26-17(2)29)27-28-25(30)24-12-11-23(32-24)15-31-22-10-9-18-5-3-7-20(18)14-22/h4,6,8-14H,3,5,7,15H2,1-2H3,(H,26,29)(H,28,30)/b27-16-. The predicted octanol–water partition coefficient (Wildman–Crippen LogP) is 4.46. The highest BCUT2D eigenvalue weighted by molar-refractivity contribution is 6.01. The first kappa shape index (κ1) is 21.4. The lowest BCUT2D eigenvalue weighted by Crippen LogP contribution is -2.18. The van der Waals surface area contributed by atoms with Crippen molar-refractivity contribution < 1.29 is 18.7 Å². The summed E-state index contributed by atoms with van der Waals surface area (Å²) >= 11 is 0. The van der Waals surface area contributed by atoms with Gasteiger partial charge in [0.2, 0.25) is 5.91 Å². The molecule has 0 atom stereocenters. The Morgan fingerprint density at radius 3 is 2.72 bits per heavy atom. The molecular weight excluding hydrogens is 406 g/mol. The number of ether oxygens (including phenoxy) is 1. The van der Waals surface area contributed by atoms with Crippen LogP contribution in [-0.4, -0.2) is 17.5 Å². The number of hydrogen-bond acceptors (Lipinski definition) is 5. The molecule has 7 heteroatoms. The van der Waals surface area contributed by atoms with Gasteiger partial charge in [-0.2, -0.15) is 5.10 Å². The minimum atomic E-state index is -0.453. The summed E-state index contributed by atoms with van der Waals surface area (Å²) in [4.78, 5) is 23.6. The Bertz CT molecular complexity index is 1180. The number of nitrogens with one attached hydrogen (secondary N) is 2. The van der Waals surface area contributed by atoms with E-state index < -0.39 is 5.91 Å². The second kappa shape index (κ2) is 9.51. The third-order valence-electron chi connectivity index (χ3n) is 5.26. The minimum absolute atomic E-state index is 0.154. The highest BCUT2D eigenvalue weighted by Gasteiger charge is 2.13. The van der Waals surface area contributed by atoms with Crippen LogP contribution in [0.1, 0.15) is 53.3 Å². The topological polar surface area (TPSA) is 92.9 Å². The largest absolute Gasteiger partial charge is 0.486 e. The SMILES string of the molecule is CC(=O)Nc1cccc(/C(C)=N\NC(=O)c2ccc(COc3ccc4c(c3)CCC4)o2)c1. The number of furan rings is 1. The van der Waals surface area contributed by atoms with E-state index in [0.717, 1.165) is 24.2 Å².